The molecule has 5 N–H and O–H groups in total. The Bertz CT molecular complexity index is 1390. The lowest BCUT2D eigenvalue weighted by Crippen LogP contribution is -2.19. The van der Waals surface area contributed by atoms with Gasteiger partial charge < -0.3 is 15.8 Å². The Morgan fingerprint density at radius 1 is 1.31 bits per heavy atom. The third-order valence-corrected chi connectivity index (χ3v) is 4.84. The number of aromatic hydroxyl groups is 1. The number of nitrogens with zero attached hydrogens (tertiary/aromatic N) is 4. The molecule has 1 saturated carbocycles. The molecule has 3 heterocycles. The first-order chi connectivity index (χ1) is 14.1. The van der Waals surface area contributed by atoms with Crippen molar-refractivity contribution in [2.24, 2.45) is 10.7 Å². The Kier molecular flexibility index (Phi) is 4.02. The van der Waals surface area contributed by atoms with Crippen molar-refractivity contribution in [3.8, 4) is 17.1 Å². The molecule has 0 aliphatic heterocycles. The second kappa shape index (κ2) is 6.71. The first-order valence-electron chi connectivity index (χ1n) is 9.36. The van der Waals surface area contributed by atoms with E-state index >= 15 is 0 Å². The monoisotopic (exact) mass is 389 g/mol. The van der Waals surface area contributed by atoms with E-state index in [9.17, 15) is 9.90 Å². The highest BCUT2D eigenvalue weighted by atomic mass is 16.3. The second-order valence-electron chi connectivity index (χ2n) is 7.09. The highest BCUT2D eigenvalue weighted by Crippen LogP contribution is 2.23. The van der Waals surface area contributed by atoms with Crippen molar-refractivity contribution >= 4 is 11.7 Å². The summed E-state index contributed by atoms with van der Waals surface area (Å²) in [6.07, 6.45) is 5.41. The second-order valence-corrected chi connectivity index (χ2v) is 7.09. The van der Waals surface area contributed by atoms with Crippen LogP contribution in [0.25, 0.3) is 23.0 Å². The number of fused-ring (bicyclic) bond motifs is 1. The summed E-state index contributed by atoms with van der Waals surface area (Å²) in [5, 5.41) is 15.0. The largest absolute Gasteiger partial charge is 0.493 e. The summed E-state index contributed by atoms with van der Waals surface area (Å²) in [6.45, 7) is 0.446. The van der Waals surface area contributed by atoms with Crippen LogP contribution >= 0.6 is 0 Å². The van der Waals surface area contributed by atoms with E-state index in [1.165, 1.54) is 0 Å². The van der Waals surface area contributed by atoms with Crippen LogP contribution in [0.4, 0.5) is 0 Å². The van der Waals surface area contributed by atoms with Crippen molar-refractivity contribution in [1.29, 1.82) is 0 Å². The molecule has 9 nitrogen and oxygen atoms in total. The lowest BCUT2D eigenvalue weighted by Gasteiger charge is -2.05. The Balaban J connectivity index is 1.77. The predicted molar refractivity (Wildman–Crippen MR) is 107 cm³/mol. The van der Waals surface area contributed by atoms with Crippen molar-refractivity contribution < 1.29 is 5.11 Å². The first-order valence-corrected chi connectivity index (χ1v) is 9.36. The summed E-state index contributed by atoms with van der Waals surface area (Å²) >= 11 is 0. The van der Waals surface area contributed by atoms with Crippen molar-refractivity contribution in [3.63, 3.8) is 0 Å². The van der Waals surface area contributed by atoms with Gasteiger partial charge in [0, 0.05) is 23.4 Å². The summed E-state index contributed by atoms with van der Waals surface area (Å²) in [7, 11) is 0. The number of nitrogens with two attached hydrogens (primary N) is 1. The molecule has 0 saturated heterocycles. The fourth-order valence-electron chi connectivity index (χ4n) is 3.20. The fourth-order valence-corrected chi connectivity index (χ4v) is 3.20. The van der Waals surface area contributed by atoms with Gasteiger partial charge in [0.25, 0.3) is 0 Å². The van der Waals surface area contributed by atoms with Gasteiger partial charge in [-0.05, 0) is 30.5 Å². The highest BCUT2D eigenvalue weighted by Gasteiger charge is 2.20. The van der Waals surface area contributed by atoms with Gasteiger partial charge in [-0.1, -0.05) is 18.2 Å². The van der Waals surface area contributed by atoms with Gasteiger partial charge in [-0.25, -0.2) is 9.78 Å². The summed E-state index contributed by atoms with van der Waals surface area (Å²) < 4.78 is 1.68. The summed E-state index contributed by atoms with van der Waals surface area (Å²) in [4.78, 5) is 25.8. The molecule has 5 rings (SSSR count). The normalized spacial score (nSPS) is 15.5. The van der Waals surface area contributed by atoms with Crippen LogP contribution in [0.1, 0.15) is 24.1 Å². The number of aromatic amines is 2. The summed E-state index contributed by atoms with van der Waals surface area (Å²) in [5.41, 5.74) is 9.58. The van der Waals surface area contributed by atoms with E-state index in [2.05, 4.69) is 15.1 Å². The van der Waals surface area contributed by atoms with Gasteiger partial charge in [0.15, 0.2) is 11.1 Å². The molecule has 0 bridgehead atoms. The summed E-state index contributed by atoms with van der Waals surface area (Å²) in [5.74, 6) is -0.232. The Morgan fingerprint density at radius 2 is 2.17 bits per heavy atom. The van der Waals surface area contributed by atoms with Crippen LogP contribution < -0.4 is 22.1 Å². The molecule has 0 spiro atoms. The third-order valence-electron chi connectivity index (χ3n) is 4.84. The number of imidazole rings is 1. The maximum absolute atomic E-state index is 11.4. The predicted octanol–water partition coefficient (Wildman–Crippen LogP) is 0.188. The van der Waals surface area contributed by atoms with E-state index in [1.807, 2.05) is 30.3 Å². The smallest absolute Gasteiger partial charge is 0.326 e. The number of benzene rings is 1. The zero-order valence-electron chi connectivity index (χ0n) is 15.5. The average molecular weight is 389 g/mol. The minimum atomic E-state index is -0.484. The maximum atomic E-state index is 11.4. The highest BCUT2D eigenvalue weighted by molar-refractivity contribution is 5.64. The van der Waals surface area contributed by atoms with Crippen molar-refractivity contribution in [2.45, 2.75) is 25.4 Å². The molecule has 1 fully saturated rings. The van der Waals surface area contributed by atoms with Crippen molar-refractivity contribution in [1.82, 2.24) is 24.6 Å². The van der Waals surface area contributed by atoms with Gasteiger partial charge in [0.1, 0.15) is 5.69 Å². The van der Waals surface area contributed by atoms with Gasteiger partial charge in [0.2, 0.25) is 5.88 Å². The maximum Gasteiger partial charge on any atom is 0.326 e. The third kappa shape index (κ3) is 3.32. The zero-order valence-corrected chi connectivity index (χ0v) is 15.5. The van der Waals surface area contributed by atoms with E-state index in [0.717, 1.165) is 35.2 Å². The molecule has 0 amide bonds. The van der Waals surface area contributed by atoms with Crippen LogP contribution in [0.5, 0.6) is 5.88 Å². The van der Waals surface area contributed by atoms with Crippen LogP contribution in [0.15, 0.2) is 46.3 Å². The standard InChI is InChI=1S/C20H19N7O2/c21-9-11-2-1-3-12(6-11)15-8-17(23-14-4-5-14)27-18(24-15)13(10-22-27)7-16-19(28)26-20(29)25-16/h1-3,6-8,10,14,28H,4-5,9,21H2,(H2,25,26,29)/b13-7-,23-17?. The Labute approximate surface area is 164 Å². The van der Waals surface area contributed by atoms with E-state index in [0.29, 0.717) is 23.5 Å². The van der Waals surface area contributed by atoms with Gasteiger partial charge >= 0.3 is 5.69 Å². The molecule has 146 valence electrons. The fraction of sp³-hybridized carbons (Fsp3) is 0.200. The Morgan fingerprint density at radius 3 is 2.90 bits per heavy atom. The molecular weight excluding hydrogens is 370 g/mol. The van der Waals surface area contributed by atoms with Crippen LogP contribution in [0.2, 0.25) is 0 Å². The Hall–Kier alpha value is -3.72. The quantitative estimate of drug-likeness (QED) is 0.395. The molecule has 0 unspecified atom stereocenters. The number of nitrogens with one attached hydrogen (secondary N) is 2. The number of rotatable bonds is 4. The topological polar surface area (TPSA) is 137 Å². The first kappa shape index (κ1) is 17.4. The van der Waals surface area contributed by atoms with Gasteiger partial charge in [-0.15, -0.1) is 0 Å². The van der Waals surface area contributed by atoms with E-state index in [4.69, 9.17) is 15.7 Å². The van der Waals surface area contributed by atoms with Crippen LogP contribution in [0.3, 0.4) is 0 Å². The average Bonchev–Trinajstić information content (AvgIpc) is 3.36. The number of aromatic nitrogens is 5. The molecule has 1 aliphatic carbocycles. The minimum absolute atomic E-state index is 0.232. The van der Waals surface area contributed by atoms with Gasteiger partial charge in [-0.3, -0.25) is 9.98 Å². The number of hydrogen-bond acceptors (Lipinski definition) is 6. The SMILES string of the molecule is NCc1cccc(-c2cc(=NC3CC3)n3nc/c(=C/c4[nH]c(=O)[nH]c4O)c3n2)c1. The molecule has 4 aromatic rings. The van der Waals surface area contributed by atoms with Crippen LogP contribution in [0, 0.1) is 0 Å². The minimum Gasteiger partial charge on any atom is -0.493 e. The molecule has 0 radical (unpaired) electrons. The number of H-pyrrole nitrogens is 2. The van der Waals surface area contributed by atoms with Gasteiger partial charge in [-0.2, -0.15) is 9.61 Å². The zero-order chi connectivity index (χ0) is 20.0. The lowest BCUT2D eigenvalue weighted by atomic mass is 10.1. The van der Waals surface area contributed by atoms with Crippen LogP contribution in [-0.2, 0) is 6.54 Å². The number of hydrogen-bond donors (Lipinski definition) is 4. The van der Waals surface area contributed by atoms with Crippen molar-refractivity contribution in [2.75, 3.05) is 0 Å². The van der Waals surface area contributed by atoms with E-state index in [1.54, 1.807) is 16.8 Å². The molecule has 3 aromatic heterocycles. The van der Waals surface area contributed by atoms with Crippen molar-refractivity contribution in [3.05, 3.63) is 69.0 Å². The molecule has 1 aromatic carbocycles. The molecular formula is C20H19N7O2. The van der Waals surface area contributed by atoms with E-state index in [-0.39, 0.29) is 11.6 Å². The molecule has 1 aliphatic rings. The van der Waals surface area contributed by atoms with Gasteiger partial charge in [0.05, 0.1) is 17.9 Å². The molecule has 0 atom stereocenters. The lowest BCUT2D eigenvalue weighted by molar-refractivity contribution is 0.454. The van der Waals surface area contributed by atoms with Crippen LogP contribution in [-0.4, -0.2) is 35.7 Å². The molecule has 29 heavy (non-hydrogen) atoms. The summed E-state index contributed by atoms with van der Waals surface area (Å²) in [6, 6.07) is 10.1. The van der Waals surface area contributed by atoms with E-state index < -0.39 is 5.69 Å². The molecule has 9 heteroatoms.